The fraction of sp³-hybridized carbons (Fsp3) is 0.250. The van der Waals surface area contributed by atoms with E-state index in [1.54, 1.807) is 6.07 Å². The standard InChI is InChI=1S/C20H19ClFN4O6P/c21-14-5-11(1-2-15(14)22)25-20-13-6-17(26-19(27)9-33(28,29)30)18(7-16(13)23-10-24-20)32-12-3-4-31-8-12/h1-2,5-7,10,12H,3-4,8-9H2,(H,26,27)(H,23,24,25)(H2,28,29,30)/t12-/m0/s1. The van der Waals surface area contributed by atoms with Gasteiger partial charge in [0.25, 0.3) is 0 Å². The molecule has 1 fully saturated rings. The third kappa shape index (κ3) is 5.95. The van der Waals surface area contributed by atoms with Crippen LogP contribution in [0.25, 0.3) is 10.9 Å². The predicted octanol–water partition coefficient (Wildman–Crippen LogP) is 3.45. The van der Waals surface area contributed by atoms with Crippen molar-refractivity contribution < 1.29 is 33.0 Å². The zero-order valence-corrected chi connectivity index (χ0v) is 18.6. The maximum Gasteiger partial charge on any atom is 0.334 e. The molecule has 0 radical (unpaired) electrons. The zero-order chi connectivity index (χ0) is 23.6. The van der Waals surface area contributed by atoms with Crippen LogP contribution >= 0.6 is 19.2 Å². The molecule has 1 atom stereocenters. The highest BCUT2D eigenvalue weighted by atomic mass is 35.5. The first-order valence-corrected chi connectivity index (χ1v) is 12.0. The number of carbonyl (C=O) groups is 1. The summed E-state index contributed by atoms with van der Waals surface area (Å²) in [6.45, 7) is 0.907. The van der Waals surface area contributed by atoms with Gasteiger partial charge in [0.15, 0.2) is 0 Å². The summed E-state index contributed by atoms with van der Waals surface area (Å²) in [4.78, 5) is 38.9. The molecule has 0 aliphatic carbocycles. The van der Waals surface area contributed by atoms with Crippen LogP contribution in [-0.4, -0.2) is 51.1 Å². The molecule has 2 heterocycles. The Morgan fingerprint density at radius 2 is 2.12 bits per heavy atom. The van der Waals surface area contributed by atoms with Crippen LogP contribution in [0.15, 0.2) is 36.7 Å². The van der Waals surface area contributed by atoms with Crippen LogP contribution in [0.2, 0.25) is 5.02 Å². The summed E-state index contributed by atoms with van der Waals surface area (Å²) in [6.07, 6.45) is 0.738. The van der Waals surface area contributed by atoms with Gasteiger partial charge in [-0.3, -0.25) is 9.36 Å². The first-order valence-electron chi connectivity index (χ1n) is 9.77. The molecule has 1 aliphatic rings. The van der Waals surface area contributed by atoms with Gasteiger partial charge in [-0.05, 0) is 24.3 Å². The largest absolute Gasteiger partial charge is 0.486 e. The summed E-state index contributed by atoms with van der Waals surface area (Å²) < 4.78 is 36.0. The Balaban J connectivity index is 1.72. The summed E-state index contributed by atoms with van der Waals surface area (Å²) >= 11 is 5.85. The van der Waals surface area contributed by atoms with Crippen LogP contribution in [0.5, 0.6) is 5.75 Å². The highest BCUT2D eigenvalue weighted by Crippen LogP contribution is 2.37. The zero-order valence-electron chi connectivity index (χ0n) is 17.0. The van der Waals surface area contributed by atoms with E-state index in [9.17, 15) is 13.8 Å². The molecule has 1 amide bonds. The molecule has 13 heteroatoms. The summed E-state index contributed by atoms with van der Waals surface area (Å²) in [5, 5.41) is 5.92. The predicted molar refractivity (Wildman–Crippen MR) is 120 cm³/mol. The number of amides is 1. The van der Waals surface area contributed by atoms with Crippen molar-refractivity contribution in [2.45, 2.75) is 12.5 Å². The van der Waals surface area contributed by atoms with E-state index in [-0.39, 0.29) is 22.6 Å². The number of carbonyl (C=O) groups excluding carboxylic acids is 1. The average molecular weight is 497 g/mol. The minimum atomic E-state index is -4.57. The SMILES string of the molecule is O=C(CP(=O)(O)O)Nc1cc2c(Nc3ccc(F)c(Cl)c3)ncnc2cc1O[C@H]1CCOC1. The van der Waals surface area contributed by atoms with Gasteiger partial charge in [0.2, 0.25) is 5.91 Å². The van der Waals surface area contributed by atoms with Gasteiger partial charge in [-0.25, -0.2) is 14.4 Å². The second-order valence-corrected chi connectivity index (χ2v) is 9.37. The molecule has 0 spiro atoms. The molecule has 4 N–H and O–H groups in total. The molecule has 1 aliphatic heterocycles. The molecule has 0 unspecified atom stereocenters. The number of nitrogens with one attached hydrogen (secondary N) is 2. The number of nitrogens with zero attached hydrogens (tertiary/aromatic N) is 2. The summed E-state index contributed by atoms with van der Waals surface area (Å²) in [5.41, 5.74) is 1.13. The van der Waals surface area contributed by atoms with E-state index >= 15 is 0 Å². The number of anilines is 3. The van der Waals surface area contributed by atoms with Crippen LogP contribution in [0, 0.1) is 5.82 Å². The molecule has 10 nitrogen and oxygen atoms in total. The molecule has 2 aromatic carbocycles. The average Bonchev–Trinajstić information content (AvgIpc) is 3.23. The minimum Gasteiger partial charge on any atom is -0.486 e. The molecule has 0 bridgehead atoms. The van der Waals surface area contributed by atoms with Gasteiger partial charge in [-0.1, -0.05) is 11.6 Å². The number of halogens is 2. The molecule has 174 valence electrons. The van der Waals surface area contributed by atoms with Crippen LogP contribution in [-0.2, 0) is 14.1 Å². The van der Waals surface area contributed by atoms with E-state index in [0.717, 1.165) is 0 Å². The topological polar surface area (TPSA) is 143 Å². The summed E-state index contributed by atoms with van der Waals surface area (Å²) in [7, 11) is -4.57. The maximum atomic E-state index is 13.5. The second-order valence-electron chi connectivity index (χ2n) is 7.32. The fourth-order valence-corrected chi connectivity index (χ4v) is 3.89. The number of benzene rings is 2. The van der Waals surface area contributed by atoms with Crippen molar-refractivity contribution in [2.24, 2.45) is 0 Å². The first kappa shape index (κ1) is 23.3. The normalized spacial score (nSPS) is 16.1. The monoisotopic (exact) mass is 496 g/mol. The van der Waals surface area contributed by atoms with Crippen molar-refractivity contribution in [3.05, 3.63) is 47.5 Å². The van der Waals surface area contributed by atoms with Gasteiger partial charge in [0.05, 0.1) is 29.4 Å². The Bertz CT molecular complexity index is 1250. The second kappa shape index (κ2) is 9.58. The Hall–Kier alpha value is -2.82. The first-order chi connectivity index (χ1) is 15.7. The van der Waals surface area contributed by atoms with Crippen molar-refractivity contribution in [1.29, 1.82) is 0 Å². The number of hydrogen-bond acceptors (Lipinski definition) is 7. The smallest absolute Gasteiger partial charge is 0.334 e. The van der Waals surface area contributed by atoms with E-state index in [4.69, 9.17) is 30.9 Å². The molecule has 4 rings (SSSR count). The highest BCUT2D eigenvalue weighted by molar-refractivity contribution is 7.52. The third-order valence-electron chi connectivity index (χ3n) is 4.72. The van der Waals surface area contributed by atoms with Crippen LogP contribution in [0.3, 0.4) is 0 Å². The third-order valence-corrected chi connectivity index (χ3v) is 5.71. The van der Waals surface area contributed by atoms with Gasteiger partial charge in [-0.2, -0.15) is 0 Å². The summed E-state index contributed by atoms with van der Waals surface area (Å²) in [5.74, 6) is -0.843. The maximum absolute atomic E-state index is 13.5. The van der Waals surface area contributed by atoms with Gasteiger partial charge in [-0.15, -0.1) is 0 Å². The fourth-order valence-electron chi connectivity index (χ4n) is 3.25. The van der Waals surface area contributed by atoms with Gasteiger partial charge >= 0.3 is 7.60 Å². The lowest BCUT2D eigenvalue weighted by Gasteiger charge is -2.18. The molecular formula is C20H19ClFN4O6P. The molecule has 3 aromatic rings. The Kier molecular flexibility index (Phi) is 6.78. The molecule has 1 aromatic heterocycles. The van der Waals surface area contributed by atoms with Crippen LogP contribution < -0.4 is 15.4 Å². The van der Waals surface area contributed by atoms with E-state index in [0.29, 0.717) is 42.0 Å². The minimum absolute atomic E-state index is 0.0711. The lowest BCUT2D eigenvalue weighted by Crippen LogP contribution is -2.20. The molecule has 0 saturated carbocycles. The number of aromatic nitrogens is 2. The lowest BCUT2D eigenvalue weighted by molar-refractivity contribution is -0.114. The molecular weight excluding hydrogens is 478 g/mol. The van der Waals surface area contributed by atoms with E-state index < -0.39 is 25.5 Å². The summed E-state index contributed by atoms with van der Waals surface area (Å²) in [6, 6.07) is 7.20. The van der Waals surface area contributed by atoms with Crippen molar-refractivity contribution in [2.75, 3.05) is 30.0 Å². The lowest BCUT2D eigenvalue weighted by atomic mass is 10.1. The number of rotatable bonds is 7. The Morgan fingerprint density at radius 1 is 1.30 bits per heavy atom. The number of ether oxygens (including phenoxy) is 2. The van der Waals surface area contributed by atoms with Crippen LogP contribution in [0.1, 0.15) is 6.42 Å². The van der Waals surface area contributed by atoms with Gasteiger partial charge < -0.3 is 29.9 Å². The number of hydrogen-bond donors (Lipinski definition) is 4. The van der Waals surface area contributed by atoms with Crippen molar-refractivity contribution in [3.63, 3.8) is 0 Å². The van der Waals surface area contributed by atoms with Gasteiger partial charge in [0, 0.05) is 23.6 Å². The number of fused-ring (bicyclic) bond motifs is 1. The molecule has 1 saturated heterocycles. The quantitative estimate of drug-likeness (QED) is 0.361. The van der Waals surface area contributed by atoms with E-state index in [2.05, 4.69) is 20.6 Å². The van der Waals surface area contributed by atoms with E-state index in [1.165, 1.54) is 30.6 Å². The van der Waals surface area contributed by atoms with Crippen LogP contribution in [0.4, 0.5) is 21.6 Å². The van der Waals surface area contributed by atoms with Gasteiger partial charge in [0.1, 0.15) is 36.0 Å². The van der Waals surface area contributed by atoms with Crippen molar-refractivity contribution >= 4 is 53.2 Å². The Morgan fingerprint density at radius 3 is 2.82 bits per heavy atom. The molecule has 33 heavy (non-hydrogen) atoms. The van der Waals surface area contributed by atoms with Crippen molar-refractivity contribution in [1.82, 2.24) is 9.97 Å². The Labute approximate surface area is 192 Å². The van der Waals surface area contributed by atoms with E-state index in [1.807, 2.05) is 0 Å². The highest BCUT2D eigenvalue weighted by Gasteiger charge is 2.23. The van der Waals surface area contributed by atoms with Crippen molar-refractivity contribution in [3.8, 4) is 5.75 Å².